The number of thiophene rings is 1. The Morgan fingerprint density at radius 1 is 1.07 bits per heavy atom. The zero-order chi connectivity index (χ0) is 28.8. The number of esters is 1. The van der Waals surface area contributed by atoms with Crippen molar-refractivity contribution in [2.24, 2.45) is 0 Å². The summed E-state index contributed by atoms with van der Waals surface area (Å²) in [5, 5.41) is 14.5. The first-order valence-corrected chi connectivity index (χ1v) is 14.4. The minimum atomic E-state index is -1.16. The van der Waals surface area contributed by atoms with Crippen LogP contribution in [0.25, 0.3) is 0 Å². The number of anilines is 2. The number of carbonyl (C=O) groups excluding carboxylic acids is 3. The summed E-state index contributed by atoms with van der Waals surface area (Å²) in [6.45, 7) is 3.13. The van der Waals surface area contributed by atoms with E-state index in [-0.39, 0.29) is 11.5 Å². The molecule has 0 saturated heterocycles. The van der Waals surface area contributed by atoms with Crippen LogP contribution in [-0.4, -0.2) is 41.2 Å². The lowest BCUT2D eigenvalue weighted by Gasteiger charge is -2.22. The van der Waals surface area contributed by atoms with Gasteiger partial charge in [0.15, 0.2) is 0 Å². The third-order valence-corrected chi connectivity index (χ3v) is 8.93. The molecule has 0 aliphatic heterocycles. The molecule has 1 aliphatic carbocycles. The Balaban J connectivity index is 1.42. The number of hydrogen-bond acceptors (Lipinski definition) is 7. The molecule has 1 heterocycles. The fourth-order valence-corrected chi connectivity index (χ4v) is 6.71. The van der Waals surface area contributed by atoms with Gasteiger partial charge in [0.05, 0.1) is 17.9 Å². The topological polar surface area (TPSA) is 122 Å². The number of benzene rings is 2. The van der Waals surface area contributed by atoms with Crippen LogP contribution in [0.5, 0.6) is 0 Å². The first kappa shape index (κ1) is 29.1. The number of ether oxygens (including phenoxy) is 1. The van der Waals surface area contributed by atoms with Crippen molar-refractivity contribution >= 4 is 57.5 Å². The SMILES string of the molecule is COC(=O)c1c(NC(=O)[C@H](C)Sc2ccc(NC(=O)/C=C(/C)C(=O)O)cc2)sc2c1CC[C@H](c1ccccc1)C2. The zero-order valence-electron chi connectivity index (χ0n) is 22.4. The zero-order valence-corrected chi connectivity index (χ0v) is 24.0. The van der Waals surface area contributed by atoms with Crippen molar-refractivity contribution in [1.29, 1.82) is 0 Å². The maximum Gasteiger partial charge on any atom is 0.341 e. The van der Waals surface area contributed by atoms with Gasteiger partial charge in [-0.05, 0) is 74.4 Å². The van der Waals surface area contributed by atoms with Gasteiger partial charge in [-0.25, -0.2) is 9.59 Å². The van der Waals surface area contributed by atoms with Gasteiger partial charge in [0.2, 0.25) is 11.8 Å². The average Bonchev–Trinajstić information content (AvgIpc) is 3.30. The van der Waals surface area contributed by atoms with Crippen LogP contribution in [0.2, 0.25) is 0 Å². The summed E-state index contributed by atoms with van der Waals surface area (Å²) < 4.78 is 5.07. The Kier molecular flexibility index (Phi) is 9.44. The van der Waals surface area contributed by atoms with E-state index in [9.17, 15) is 19.2 Å². The van der Waals surface area contributed by atoms with Crippen molar-refractivity contribution in [2.75, 3.05) is 17.7 Å². The summed E-state index contributed by atoms with van der Waals surface area (Å²) in [6, 6.07) is 17.2. The van der Waals surface area contributed by atoms with Crippen molar-refractivity contribution < 1.29 is 29.0 Å². The first-order chi connectivity index (χ1) is 19.2. The molecule has 8 nitrogen and oxygen atoms in total. The molecule has 0 bridgehead atoms. The Hall–Kier alpha value is -3.89. The molecule has 4 rings (SSSR count). The molecule has 0 spiro atoms. The smallest absolute Gasteiger partial charge is 0.341 e. The molecule has 0 unspecified atom stereocenters. The monoisotopic (exact) mass is 578 g/mol. The first-order valence-electron chi connectivity index (χ1n) is 12.7. The average molecular weight is 579 g/mol. The number of amides is 2. The van der Waals surface area contributed by atoms with Crippen molar-refractivity contribution in [3.8, 4) is 0 Å². The standard InChI is InChI=1S/C30H30N2O6S2/c1-17(29(35)36)15-25(33)31-21-10-12-22(13-11-21)39-18(2)27(34)32-28-26(30(37)38-3)23-14-9-20(16-24(23)40-28)19-7-5-4-6-8-19/h4-8,10-13,15,18,20H,9,14,16H2,1-3H3,(H,31,33)(H,32,34)(H,35,36)/b17-15-/t18-,20-/m0/s1. The quantitative estimate of drug-likeness (QED) is 0.164. The predicted octanol–water partition coefficient (Wildman–Crippen LogP) is 5.90. The van der Waals surface area contributed by atoms with Gasteiger partial charge in [-0.2, -0.15) is 0 Å². The number of fused-ring (bicyclic) bond motifs is 1. The summed E-state index contributed by atoms with van der Waals surface area (Å²) in [5.41, 5.74) is 3.12. The molecule has 0 fully saturated rings. The largest absolute Gasteiger partial charge is 0.478 e. The predicted molar refractivity (Wildman–Crippen MR) is 157 cm³/mol. The molecule has 2 atom stereocenters. The van der Waals surface area contributed by atoms with Gasteiger partial charge in [-0.15, -0.1) is 23.1 Å². The van der Waals surface area contributed by atoms with Crippen molar-refractivity contribution in [2.45, 2.75) is 49.2 Å². The van der Waals surface area contributed by atoms with E-state index >= 15 is 0 Å². The lowest BCUT2D eigenvalue weighted by Crippen LogP contribution is -2.23. The third kappa shape index (κ3) is 7.00. The summed E-state index contributed by atoms with van der Waals surface area (Å²) >= 11 is 2.79. The number of thioether (sulfide) groups is 1. The molecule has 3 N–H and O–H groups in total. The maximum atomic E-state index is 13.2. The van der Waals surface area contributed by atoms with E-state index in [1.807, 2.05) is 18.2 Å². The van der Waals surface area contributed by atoms with Gasteiger partial charge in [0.1, 0.15) is 5.00 Å². The number of carbonyl (C=O) groups is 4. The van der Waals surface area contributed by atoms with E-state index in [1.165, 1.54) is 42.7 Å². The Morgan fingerprint density at radius 2 is 1.77 bits per heavy atom. The molecule has 3 aromatic rings. The van der Waals surface area contributed by atoms with Crippen LogP contribution in [-0.2, 0) is 32.0 Å². The molecule has 0 radical (unpaired) electrons. The Morgan fingerprint density at radius 3 is 2.42 bits per heavy atom. The van der Waals surface area contributed by atoms with Crippen LogP contribution in [0.4, 0.5) is 10.7 Å². The molecular weight excluding hydrogens is 548 g/mol. The highest BCUT2D eigenvalue weighted by atomic mass is 32.2. The second kappa shape index (κ2) is 13.0. The molecule has 0 saturated carbocycles. The van der Waals surface area contributed by atoms with Gasteiger partial charge < -0.3 is 20.5 Å². The van der Waals surface area contributed by atoms with Crippen molar-refractivity contribution in [3.63, 3.8) is 0 Å². The molecule has 208 valence electrons. The molecule has 40 heavy (non-hydrogen) atoms. The van der Waals surface area contributed by atoms with E-state index < -0.39 is 23.1 Å². The van der Waals surface area contributed by atoms with E-state index in [2.05, 4.69) is 22.8 Å². The van der Waals surface area contributed by atoms with Crippen LogP contribution in [0.3, 0.4) is 0 Å². The van der Waals surface area contributed by atoms with Gasteiger partial charge in [-0.3, -0.25) is 9.59 Å². The number of aliphatic carboxylic acids is 1. The summed E-state index contributed by atoms with van der Waals surface area (Å²) in [5.74, 6) is -2.02. The van der Waals surface area contributed by atoms with Crippen LogP contribution in [0.1, 0.15) is 52.5 Å². The minimum absolute atomic E-state index is 0.0672. The highest BCUT2D eigenvalue weighted by Gasteiger charge is 2.31. The molecular formula is C30H30N2O6S2. The molecule has 1 aromatic heterocycles. The van der Waals surface area contributed by atoms with Gasteiger partial charge >= 0.3 is 11.9 Å². The molecule has 2 amide bonds. The number of carboxylic acids is 1. The van der Waals surface area contributed by atoms with Crippen LogP contribution >= 0.6 is 23.1 Å². The van der Waals surface area contributed by atoms with Crippen LogP contribution in [0, 0.1) is 0 Å². The lowest BCUT2D eigenvalue weighted by atomic mass is 9.83. The van der Waals surface area contributed by atoms with E-state index in [0.29, 0.717) is 22.2 Å². The number of hydrogen-bond donors (Lipinski definition) is 3. The fraction of sp³-hybridized carbons (Fsp3) is 0.267. The third-order valence-electron chi connectivity index (χ3n) is 6.65. The second-order valence-corrected chi connectivity index (χ2v) is 12.0. The van der Waals surface area contributed by atoms with Crippen LogP contribution < -0.4 is 10.6 Å². The summed E-state index contributed by atoms with van der Waals surface area (Å²) in [7, 11) is 1.35. The second-order valence-electron chi connectivity index (χ2n) is 9.45. The number of rotatable bonds is 9. The maximum absolute atomic E-state index is 13.2. The number of carboxylic acid groups (broad SMARTS) is 1. The highest BCUT2D eigenvalue weighted by molar-refractivity contribution is 8.00. The van der Waals surface area contributed by atoms with Gasteiger partial charge in [0, 0.05) is 27.1 Å². The van der Waals surface area contributed by atoms with Gasteiger partial charge in [-0.1, -0.05) is 30.3 Å². The number of methoxy groups -OCH3 is 1. The Bertz CT molecular complexity index is 1450. The molecule has 2 aromatic carbocycles. The lowest BCUT2D eigenvalue weighted by molar-refractivity contribution is -0.132. The molecule has 10 heteroatoms. The molecule has 1 aliphatic rings. The highest BCUT2D eigenvalue weighted by Crippen LogP contribution is 2.43. The van der Waals surface area contributed by atoms with Gasteiger partial charge in [0.25, 0.3) is 0 Å². The minimum Gasteiger partial charge on any atom is -0.478 e. The Labute approximate surface area is 240 Å². The summed E-state index contributed by atoms with van der Waals surface area (Å²) in [6.07, 6.45) is 3.49. The van der Waals surface area contributed by atoms with E-state index in [0.717, 1.165) is 40.7 Å². The summed E-state index contributed by atoms with van der Waals surface area (Å²) in [4.78, 5) is 50.7. The van der Waals surface area contributed by atoms with E-state index in [4.69, 9.17) is 9.84 Å². The van der Waals surface area contributed by atoms with E-state index in [1.54, 1.807) is 31.2 Å². The van der Waals surface area contributed by atoms with Crippen LogP contribution in [0.15, 0.2) is 71.1 Å². The normalized spacial score (nSPS) is 15.5. The van der Waals surface area contributed by atoms with Crippen molar-refractivity contribution in [1.82, 2.24) is 0 Å². The number of nitrogens with one attached hydrogen (secondary N) is 2. The fourth-order valence-electron chi connectivity index (χ4n) is 4.53. The van der Waals surface area contributed by atoms with Crippen molar-refractivity contribution in [3.05, 3.63) is 87.8 Å².